The summed E-state index contributed by atoms with van der Waals surface area (Å²) in [5.74, 6) is 0.865. The fraction of sp³-hybridized carbons (Fsp3) is 0.625. The topological polar surface area (TPSA) is 26.0 Å². The lowest BCUT2D eigenvalue weighted by Gasteiger charge is -2.38. The molecule has 0 bridgehead atoms. The van der Waals surface area contributed by atoms with Gasteiger partial charge in [0.15, 0.2) is 0 Å². The minimum absolute atomic E-state index is 0.106. The van der Waals surface area contributed by atoms with Gasteiger partial charge in [-0.15, -0.1) is 0 Å². The molecule has 1 saturated carbocycles. The Bertz CT molecular complexity index is 333. The lowest BCUT2D eigenvalue weighted by atomic mass is 9.73. The normalized spacial score (nSPS) is 29.2. The van der Waals surface area contributed by atoms with Crippen molar-refractivity contribution in [2.45, 2.75) is 57.4 Å². The summed E-state index contributed by atoms with van der Waals surface area (Å²) in [6.45, 7) is 2.30. The molecule has 2 unspecified atom stereocenters. The van der Waals surface area contributed by atoms with Crippen LogP contribution in [-0.2, 0) is 6.42 Å². The second-order valence-electron chi connectivity index (χ2n) is 5.72. The molecule has 1 aliphatic rings. The van der Waals surface area contributed by atoms with Crippen LogP contribution in [0.1, 0.15) is 51.0 Å². The molecule has 0 aliphatic heterocycles. The summed E-state index contributed by atoms with van der Waals surface area (Å²) in [4.78, 5) is 0. The predicted molar refractivity (Wildman–Crippen MR) is 73.9 cm³/mol. The molecule has 1 aromatic rings. The molecule has 0 spiro atoms. The maximum Gasteiger partial charge on any atom is 0.0160 e. The van der Waals surface area contributed by atoms with E-state index in [4.69, 9.17) is 5.73 Å². The average Bonchev–Trinajstić information content (AvgIpc) is 2.38. The van der Waals surface area contributed by atoms with Gasteiger partial charge in [0.1, 0.15) is 0 Å². The van der Waals surface area contributed by atoms with Crippen LogP contribution >= 0.6 is 0 Å². The Morgan fingerprint density at radius 1 is 1.29 bits per heavy atom. The number of aryl methyl sites for hydroxylation is 1. The molecule has 2 rings (SSSR count). The van der Waals surface area contributed by atoms with E-state index in [-0.39, 0.29) is 5.54 Å². The first-order valence-corrected chi connectivity index (χ1v) is 7.05. The van der Waals surface area contributed by atoms with Gasteiger partial charge in [0.2, 0.25) is 0 Å². The fourth-order valence-electron chi connectivity index (χ4n) is 3.14. The summed E-state index contributed by atoms with van der Waals surface area (Å²) in [5, 5.41) is 0. The number of rotatable bonds is 4. The van der Waals surface area contributed by atoms with Crippen molar-refractivity contribution in [3.05, 3.63) is 35.9 Å². The summed E-state index contributed by atoms with van der Waals surface area (Å²) >= 11 is 0. The van der Waals surface area contributed by atoms with Gasteiger partial charge in [-0.25, -0.2) is 0 Å². The molecule has 0 radical (unpaired) electrons. The molecular formula is C16H25N. The number of hydrogen-bond acceptors (Lipinski definition) is 1. The van der Waals surface area contributed by atoms with Gasteiger partial charge in [-0.1, -0.05) is 56.5 Å². The molecule has 0 heterocycles. The molecule has 94 valence electrons. The van der Waals surface area contributed by atoms with Crippen molar-refractivity contribution in [3.8, 4) is 0 Å². The molecule has 2 N–H and O–H groups in total. The van der Waals surface area contributed by atoms with Crippen LogP contribution in [-0.4, -0.2) is 5.54 Å². The van der Waals surface area contributed by atoms with Crippen LogP contribution in [0.2, 0.25) is 0 Å². The van der Waals surface area contributed by atoms with E-state index in [1.165, 1.54) is 37.7 Å². The van der Waals surface area contributed by atoms with Crippen molar-refractivity contribution in [2.24, 2.45) is 11.7 Å². The third-order valence-corrected chi connectivity index (χ3v) is 4.31. The van der Waals surface area contributed by atoms with Crippen molar-refractivity contribution < 1.29 is 0 Å². The minimum atomic E-state index is 0.106. The highest BCUT2D eigenvalue weighted by molar-refractivity contribution is 5.15. The summed E-state index contributed by atoms with van der Waals surface area (Å²) in [6, 6.07) is 10.7. The molecule has 1 aliphatic carbocycles. The van der Waals surface area contributed by atoms with Gasteiger partial charge in [-0.05, 0) is 37.2 Å². The van der Waals surface area contributed by atoms with E-state index in [0.29, 0.717) is 0 Å². The molecule has 1 fully saturated rings. The van der Waals surface area contributed by atoms with Gasteiger partial charge in [0.25, 0.3) is 0 Å². The summed E-state index contributed by atoms with van der Waals surface area (Å²) in [6.07, 6.45) is 8.74. The van der Waals surface area contributed by atoms with Crippen LogP contribution in [0.25, 0.3) is 0 Å². The van der Waals surface area contributed by atoms with Crippen molar-refractivity contribution in [1.29, 1.82) is 0 Å². The largest absolute Gasteiger partial charge is 0.325 e. The van der Waals surface area contributed by atoms with E-state index in [1.807, 2.05) is 0 Å². The van der Waals surface area contributed by atoms with Crippen LogP contribution in [0.3, 0.4) is 0 Å². The summed E-state index contributed by atoms with van der Waals surface area (Å²) < 4.78 is 0. The molecule has 0 aromatic heterocycles. The summed E-state index contributed by atoms with van der Waals surface area (Å²) in [7, 11) is 0. The average molecular weight is 231 g/mol. The Balaban J connectivity index is 1.89. The lowest BCUT2D eigenvalue weighted by Crippen LogP contribution is -2.44. The highest BCUT2D eigenvalue weighted by Gasteiger charge is 2.31. The maximum atomic E-state index is 6.57. The van der Waals surface area contributed by atoms with Crippen LogP contribution in [0.4, 0.5) is 0 Å². The van der Waals surface area contributed by atoms with Crippen LogP contribution in [0.5, 0.6) is 0 Å². The Labute approximate surface area is 105 Å². The van der Waals surface area contributed by atoms with Gasteiger partial charge < -0.3 is 5.73 Å². The SMILES string of the molecule is CCC1CCCC(N)(CCc2ccccc2)C1. The number of hydrogen-bond donors (Lipinski definition) is 1. The van der Waals surface area contributed by atoms with Gasteiger partial charge in [-0.2, -0.15) is 0 Å². The van der Waals surface area contributed by atoms with E-state index in [2.05, 4.69) is 37.3 Å². The van der Waals surface area contributed by atoms with E-state index in [9.17, 15) is 0 Å². The maximum absolute atomic E-state index is 6.57. The molecule has 1 heteroatoms. The Hall–Kier alpha value is -0.820. The highest BCUT2D eigenvalue weighted by atomic mass is 14.7. The second kappa shape index (κ2) is 5.68. The van der Waals surface area contributed by atoms with Crippen molar-refractivity contribution in [2.75, 3.05) is 0 Å². The molecular weight excluding hydrogens is 206 g/mol. The molecule has 1 nitrogen and oxygen atoms in total. The van der Waals surface area contributed by atoms with Gasteiger partial charge >= 0.3 is 0 Å². The Kier molecular flexibility index (Phi) is 4.22. The van der Waals surface area contributed by atoms with E-state index >= 15 is 0 Å². The third-order valence-electron chi connectivity index (χ3n) is 4.31. The first-order valence-electron chi connectivity index (χ1n) is 7.05. The zero-order valence-electron chi connectivity index (χ0n) is 11.0. The molecule has 1 aromatic carbocycles. The van der Waals surface area contributed by atoms with Crippen molar-refractivity contribution in [1.82, 2.24) is 0 Å². The standard InChI is InChI=1S/C16H25N/c1-2-14-9-6-11-16(17,13-14)12-10-15-7-4-3-5-8-15/h3-5,7-8,14H,2,6,9-13,17H2,1H3. The lowest BCUT2D eigenvalue weighted by molar-refractivity contribution is 0.208. The van der Waals surface area contributed by atoms with Gasteiger partial charge in [-0.3, -0.25) is 0 Å². The highest BCUT2D eigenvalue weighted by Crippen LogP contribution is 2.35. The minimum Gasteiger partial charge on any atom is -0.325 e. The zero-order chi connectivity index (χ0) is 12.1. The van der Waals surface area contributed by atoms with Crippen molar-refractivity contribution in [3.63, 3.8) is 0 Å². The van der Waals surface area contributed by atoms with E-state index < -0.39 is 0 Å². The molecule has 2 atom stereocenters. The first kappa shape index (κ1) is 12.6. The van der Waals surface area contributed by atoms with E-state index in [0.717, 1.165) is 18.8 Å². The van der Waals surface area contributed by atoms with Crippen molar-refractivity contribution >= 4 is 0 Å². The zero-order valence-corrected chi connectivity index (χ0v) is 11.0. The van der Waals surface area contributed by atoms with Crippen LogP contribution < -0.4 is 5.73 Å². The Morgan fingerprint density at radius 2 is 2.06 bits per heavy atom. The molecule has 17 heavy (non-hydrogen) atoms. The second-order valence-corrected chi connectivity index (χ2v) is 5.72. The smallest absolute Gasteiger partial charge is 0.0160 e. The molecule has 0 saturated heterocycles. The molecule has 0 amide bonds. The number of benzene rings is 1. The first-order chi connectivity index (χ1) is 8.22. The number of nitrogens with two attached hydrogens (primary N) is 1. The van der Waals surface area contributed by atoms with Gasteiger partial charge in [0, 0.05) is 5.54 Å². The monoisotopic (exact) mass is 231 g/mol. The predicted octanol–water partition coefficient (Wildman–Crippen LogP) is 3.92. The van der Waals surface area contributed by atoms with Crippen LogP contribution in [0.15, 0.2) is 30.3 Å². The van der Waals surface area contributed by atoms with Gasteiger partial charge in [0.05, 0.1) is 0 Å². The fourth-order valence-corrected chi connectivity index (χ4v) is 3.14. The quantitative estimate of drug-likeness (QED) is 0.835. The Morgan fingerprint density at radius 3 is 2.76 bits per heavy atom. The third kappa shape index (κ3) is 3.57. The van der Waals surface area contributed by atoms with E-state index in [1.54, 1.807) is 0 Å². The van der Waals surface area contributed by atoms with Crippen LogP contribution in [0, 0.1) is 5.92 Å². The summed E-state index contributed by atoms with van der Waals surface area (Å²) in [5.41, 5.74) is 8.11.